The van der Waals surface area contributed by atoms with E-state index in [0.29, 0.717) is 11.0 Å². The van der Waals surface area contributed by atoms with Crippen LogP contribution in [0.4, 0.5) is 0 Å². The fourth-order valence-corrected chi connectivity index (χ4v) is 2.91. The maximum absolute atomic E-state index is 13.1. The lowest BCUT2D eigenvalue weighted by Gasteiger charge is -2.23. The van der Waals surface area contributed by atoms with E-state index < -0.39 is 30.5 Å². The van der Waals surface area contributed by atoms with Crippen LogP contribution < -0.4 is 5.56 Å². The second-order valence-corrected chi connectivity index (χ2v) is 6.74. The third-order valence-corrected chi connectivity index (χ3v) is 4.74. The zero-order chi connectivity index (χ0) is 20.6. The first-order valence-electron chi connectivity index (χ1n) is 8.64. The number of rotatable bonds is 6. The van der Waals surface area contributed by atoms with Crippen LogP contribution in [0.25, 0.3) is 22.6 Å². The smallest absolute Gasteiger partial charge is 0.281 e. The molecule has 0 aliphatic heterocycles. The molecule has 11 heteroatoms. The van der Waals surface area contributed by atoms with Gasteiger partial charge in [-0.25, -0.2) is 9.67 Å². The van der Waals surface area contributed by atoms with Gasteiger partial charge in [0.05, 0.1) is 24.2 Å². The van der Waals surface area contributed by atoms with Gasteiger partial charge in [-0.2, -0.15) is 0 Å². The summed E-state index contributed by atoms with van der Waals surface area (Å²) in [6.45, 7) is 2.74. The van der Waals surface area contributed by atoms with E-state index in [1.807, 2.05) is 13.8 Å². The number of nitrogens with zero attached hydrogens (tertiary/aromatic N) is 6. The molecule has 0 spiro atoms. The van der Waals surface area contributed by atoms with E-state index in [4.69, 9.17) is 5.11 Å². The number of aromatic nitrogens is 6. The summed E-state index contributed by atoms with van der Waals surface area (Å²) in [5.41, 5.74) is 2.26. The molecule has 3 atom stereocenters. The summed E-state index contributed by atoms with van der Waals surface area (Å²) in [5, 5.41) is 49.9. The summed E-state index contributed by atoms with van der Waals surface area (Å²) in [5.74, 6) is 0.157. The Kier molecular flexibility index (Phi) is 5.52. The average Bonchev–Trinajstić information content (AvgIpc) is 3.09. The fourth-order valence-electron chi connectivity index (χ4n) is 2.91. The van der Waals surface area contributed by atoms with Gasteiger partial charge in [-0.15, -0.1) is 5.10 Å². The lowest BCUT2D eigenvalue weighted by Crippen LogP contribution is -2.43. The minimum absolute atomic E-state index is 0.00681. The number of aliphatic hydroxyl groups is 4. The van der Waals surface area contributed by atoms with Gasteiger partial charge < -0.3 is 25.0 Å². The first-order chi connectivity index (χ1) is 13.2. The number of fused-ring (bicyclic) bond motifs is 1. The number of aryl methyl sites for hydroxylation is 3. The van der Waals surface area contributed by atoms with Gasteiger partial charge in [-0.1, -0.05) is 0 Å². The van der Waals surface area contributed by atoms with Crippen LogP contribution >= 0.6 is 0 Å². The van der Waals surface area contributed by atoms with Crippen molar-refractivity contribution >= 4 is 11.0 Å². The molecule has 3 aromatic rings. The largest absolute Gasteiger partial charge is 0.394 e. The molecule has 4 N–H and O–H groups in total. The lowest BCUT2D eigenvalue weighted by atomic mass is 10.1. The number of tetrazole rings is 1. The normalized spacial score (nSPS) is 15.0. The van der Waals surface area contributed by atoms with E-state index in [9.17, 15) is 20.1 Å². The standard InChI is InChI=1S/C17H22N6O5/c1-8-4-10-11(5-9(8)2)23(6-12(25)15(27)13(26)7-24)17(28)14(18-10)16-19-20-21-22(16)3/h4-5,12-13,15,24-27H,6-7H2,1-3H3/t12-,13+,15-/m0/s1. The molecule has 0 saturated heterocycles. The van der Waals surface area contributed by atoms with Crippen LogP contribution in [0.5, 0.6) is 0 Å². The zero-order valence-electron chi connectivity index (χ0n) is 15.7. The minimum Gasteiger partial charge on any atom is -0.394 e. The molecule has 0 aliphatic carbocycles. The highest BCUT2D eigenvalue weighted by Gasteiger charge is 2.26. The number of aliphatic hydroxyl groups excluding tert-OH is 4. The lowest BCUT2D eigenvalue weighted by molar-refractivity contribution is -0.0805. The third-order valence-electron chi connectivity index (χ3n) is 4.74. The monoisotopic (exact) mass is 390 g/mol. The van der Waals surface area contributed by atoms with Crippen molar-refractivity contribution in [3.63, 3.8) is 0 Å². The van der Waals surface area contributed by atoms with Gasteiger partial charge in [-0.05, 0) is 47.5 Å². The summed E-state index contributed by atoms with van der Waals surface area (Å²) < 4.78 is 2.57. The number of hydrogen-bond acceptors (Lipinski definition) is 9. The van der Waals surface area contributed by atoms with E-state index in [2.05, 4.69) is 20.5 Å². The van der Waals surface area contributed by atoms with Crippen molar-refractivity contribution in [2.45, 2.75) is 38.7 Å². The van der Waals surface area contributed by atoms with Crippen molar-refractivity contribution in [3.8, 4) is 11.5 Å². The Morgan fingerprint density at radius 2 is 1.79 bits per heavy atom. The Bertz CT molecular complexity index is 1060. The summed E-state index contributed by atoms with van der Waals surface area (Å²) >= 11 is 0. The molecule has 2 aromatic heterocycles. The van der Waals surface area contributed by atoms with E-state index in [1.54, 1.807) is 19.2 Å². The van der Waals surface area contributed by atoms with Gasteiger partial charge in [0, 0.05) is 7.05 Å². The second kappa shape index (κ2) is 7.72. The quantitative estimate of drug-likeness (QED) is 0.384. The highest BCUT2D eigenvalue weighted by molar-refractivity contribution is 5.78. The van der Waals surface area contributed by atoms with Crippen molar-refractivity contribution in [1.29, 1.82) is 0 Å². The summed E-state index contributed by atoms with van der Waals surface area (Å²) in [7, 11) is 1.57. The first-order valence-corrected chi connectivity index (χ1v) is 8.64. The van der Waals surface area contributed by atoms with Gasteiger partial charge in [0.25, 0.3) is 5.56 Å². The molecule has 2 heterocycles. The molecule has 0 bridgehead atoms. The highest BCUT2D eigenvalue weighted by Crippen LogP contribution is 2.20. The van der Waals surface area contributed by atoms with Gasteiger partial charge in [0.2, 0.25) is 5.82 Å². The Morgan fingerprint density at radius 3 is 2.39 bits per heavy atom. The predicted octanol–water partition coefficient (Wildman–Crippen LogP) is -1.72. The predicted molar refractivity (Wildman–Crippen MR) is 98.4 cm³/mol. The molecule has 11 nitrogen and oxygen atoms in total. The Balaban J connectivity index is 2.21. The highest BCUT2D eigenvalue weighted by atomic mass is 16.4. The van der Waals surface area contributed by atoms with Crippen molar-refractivity contribution in [2.24, 2.45) is 7.05 Å². The topological polar surface area (TPSA) is 159 Å². The molecule has 1 aromatic carbocycles. The van der Waals surface area contributed by atoms with Crippen LogP contribution in [0.1, 0.15) is 11.1 Å². The average molecular weight is 390 g/mol. The van der Waals surface area contributed by atoms with E-state index in [-0.39, 0.29) is 18.1 Å². The first kappa shape index (κ1) is 20.0. The number of benzene rings is 1. The van der Waals surface area contributed by atoms with Crippen molar-refractivity contribution < 1.29 is 20.4 Å². The van der Waals surface area contributed by atoms with E-state index in [0.717, 1.165) is 11.1 Å². The van der Waals surface area contributed by atoms with E-state index in [1.165, 1.54) is 9.25 Å². The van der Waals surface area contributed by atoms with Gasteiger partial charge >= 0.3 is 0 Å². The van der Waals surface area contributed by atoms with Crippen molar-refractivity contribution in [1.82, 2.24) is 29.8 Å². The van der Waals surface area contributed by atoms with Crippen LogP contribution in [0, 0.1) is 13.8 Å². The molecular weight excluding hydrogens is 368 g/mol. The molecule has 0 amide bonds. The fraction of sp³-hybridized carbons (Fsp3) is 0.471. The van der Waals surface area contributed by atoms with E-state index >= 15 is 0 Å². The molecule has 3 rings (SSSR count). The maximum atomic E-state index is 13.1. The van der Waals surface area contributed by atoms with Gasteiger partial charge in [0.1, 0.15) is 18.3 Å². The zero-order valence-corrected chi connectivity index (χ0v) is 15.7. The SMILES string of the molecule is Cc1cc2nc(-c3nnnn3C)c(=O)n(C[C@H](O)[C@H](O)[C@H](O)CO)c2cc1C. The maximum Gasteiger partial charge on any atom is 0.281 e. The number of hydrogen-bond donors (Lipinski definition) is 4. The molecular formula is C17H22N6O5. The summed E-state index contributed by atoms with van der Waals surface area (Å²) in [4.78, 5) is 17.5. The van der Waals surface area contributed by atoms with Crippen LogP contribution in [-0.2, 0) is 13.6 Å². The third kappa shape index (κ3) is 3.52. The molecule has 0 fully saturated rings. The molecule has 0 unspecified atom stereocenters. The van der Waals surface area contributed by atoms with Crippen LogP contribution in [0.15, 0.2) is 16.9 Å². The Hall–Kier alpha value is -2.73. The Labute approximate surface area is 159 Å². The van der Waals surface area contributed by atoms with Gasteiger partial charge in [-0.3, -0.25) is 4.79 Å². The Morgan fingerprint density at radius 1 is 1.11 bits per heavy atom. The molecule has 0 aliphatic rings. The summed E-state index contributed by atoms with van der Waals surface area (Å²) in [6.07, 6.45) is -4.67. The van der Waals surface area contributed by atoms with Crippen LogP contribution in [-0.4, -0.2) is 75.1 Å². The molecule has 150 valence electrons. The van der Waals surface area contributed by atoms with Gasteiger partial charge in [0.15, 0.2) is 5.69 Å². The molecule has 28 heavy (non-hydrogen) atoms. The molecule has 0 saturated carbocycles. The minimum atomic E-state index is -1.63. The van der Waals surface area contributed by atoms with Crippen LogP contribution in [0.3, 0.4) is 0 Å². The van der Waals surface area contributed by atoms with Crippen molar-refractivity contribution in [2.75, 3.05) is 6.61 Å². The van der Waals surface area contributed by atoms with Crippen LogP contribution in [0.2, 0.25) is 0 Å². The second-order valence-electron chi connectivity index (χ2n) is 6.74. The molecule has 0 radical (unpaired) electrons. The van der Waals surface area contributed by atoms with Crippen molar-refractivity contribution in [3.05, 3.63) is 33.6 Å². The summed E-state index contributed by atoms with van der Waals surface area (Å²) in [6, 6.07) is 3.57.